The van der Waals surface area contributed by atoms with Crippen molar-refractivity contribution in [1.29, 1.82) is 0 Å². The molecule has 1 aliphatic heterocycles. The Balaban J connectivity index is 1.59. The van der Waals surface area contributed by atoms with Gasteiger partial charge < -0.3 is 11.1 Å². The molecule has 21 heavy (non-hydrogen) atoms. The molecule has 2 aliphatic rings. The second-order valence-electron chi connectivity index (χ2n) is 6.30. The topological polar surface area (TPSA) is 58.4 Å². The summed E-state index contributed by atoms with van der Waals surface area (Å²) in [5, 5.41) is 3.18. The van der Waals surface area contributed by atoms with E-state index in [2.05, 4.69) is 34.5 Å². The van der Waals surface area contributed by atoms with Crippen molar-refractivity contribution in [3.05, 3.63) is 35.9 Å². The van der Waals surface area contributed by atoms with Gasteiger partial charge in [-0.05, 0) is 43.7 Å². The lowest BCUT2D eigenvalue weighted by molar-refractivity contribution is -0.126. The maximum Gasteiger partial charge on any atom is 0.237 e. The van der Waals surface area contributed by atoms with Gasteiger partial charge in [0, 0.05) is 19.1 Å². The lowest BCUT2D eigenvalue weighted by atomic mass is 10.1. The summed E-state index contributed by atoms with van der Waals surface area (Å²) in [6.45, 7) is 2.42. The number of nitrogens with one attached hydrogen (secondary N) is 1. The smallest absolute Gasteiger partial charge is 0.237 e. The van der Waals surface area contributed by atoms with Crippen LogP contribution in [0.5, 0.6) is 0 Å². The van der Waals surface area contributed by atoms with Crippen molar-refractivity contribution >= 4 is 5.91 Å². The van der Waals surface area contributed by atoms with Crippen molar-refractivity contribution in [1.82, 2.24) is 10.2 Å². The first kappa shape index (κ1) is 14.5. The third-order valence-electron chi connectivity index (χ3n) is 4.67. The third kappa shape index (κ3) is 3.63. The van der Waals surface area contributed by atoms with Gasteiger partial charge in [0.1, 0.15) is 0 Å². The largest absolute Gasteiger partial charge is 0.350 e. The van der Waals surface area contributed by atoms with Crippen LogP contribution in [0.3, 0.4) is 0 Å². The van der Waals surface area contributed by atoms with Crippen LogP contribution >= 0.6 is 0 Å². The van der Waals surface area contributed by atoms with Crippen LogP contribution in [-0.2, 0) is 11.3 Å². The first-order valence-electron chi connectivity index (χ1n) is 8.06. The number of benzene rings is 1. The molecule has 2 atom stereocenters. The first-order valence-corrected chi connectivity index (χ1v) is 8.06. The highest BCUT2D eigenvalue weighted by Gasteiger charge is 2.35. The van der Waals surface area contributed by atoms with Crippen LogP contribution in [0.1, 0.15) is 31.2 Å². The highest BCUT2D eigenvalue weighted by molar-refractivity contribution is 5.82. The first-order chi connectivity index (χ1) is 10.3. The molecule has 2 fully saturated rings. The van der Waals surface area contributed by atoms with Crippen LogP contribution in [0.4, 0.5) is 0 Å². The monoisotopic (exact) mass is 287 g/mol. The summed E-state index contributed by atoms with van der Waals surface area (Å²) in [5.41, 5.74) is 7.06. The fourth-order valence-corrected chi connectivity index (χ4v) is 3.28. The molecular weight excluding hydrogens is 262 g/mol. The van der Waals surface area contributed by atoms with Crippen LogP contribution in [0.25, 0.3) is 0 Å². The average molecular weight is 287 g/mol. The lowest BCUT2D eigenvalue weighted by Crippen LogP contribution is -2.49. The predicted octanol–water partition coefficient (Wildman–Crippen LogP) is 1.50. The summed E-state index contributed by atoms with van der Waals surface area (Å²) < 4.78 is 0. The summed E-state index contributed by atoms with van der Waals surface area (Å²) in [5.74, 6) is 0.786. The number of hydrogen-bond donors (Lipinski definition) is 2. The van der Waals surface area contributed by atoms with Crippen molar-refractivity contribution in [3.63, 3.8) is 0 Å². The Hall–Kier alpha value is -1.39. The van der Waals surface area contributed by atoms with E-state index in [9.17, 15) is 4.79 Å². The molecule has 1 amide bonds. The van der Waals surface area contributed by atoms with Gasteiger partial charge >= 0.3 is 0 Å². The van der Waals surface area contributed by atoms with Crippen LogP contribution in [-0.4, -0.2) is 36.0 Å². The minimum Gasteiger partial charge on any atom is -0.350 e. The Morgan fingerprint density at radius 1 is 1.29 bits per heavy atom. The van der Waals surface area contributed by atoms with E-state index in [1.165, 1.54) is 18.4 Å². The van der Waals surface area contributed by atoms with Crippen LogP contribution in [0.15, 0.2) is 30.3 Å². The summed E-state index contributed by atoms with van der Waals surface area (Å²) in [6, 6.07) is 10.6. The Kier molecular flexibility index (Phi) is 4.56. The number of carbonyl (C=O) groups excluding carboxylic acids is 1. The van der Waals surface area contributed by atoms with Gasteiger partial charge in [-0.3, -0.25) is 9.69 Å². The van der Waals surface area contributed by atoms with Crippen molar-refractivity contribution < 1.29 is 4.79 Å². The van der Waals surface area contributed by atoms with E-state index in [0.717, 1.165) is 25.9 Å². The summed E-state index contributed by atoms with van der Waals surface area (Å²) in [4.78, 5) is 14.8. The molecule has 1 saturated carbocycles. The summed E-state index contributed by atoms with van der Waals surface area (Å²) in [6.07, 6.45) is 4.48. The third-order valence-corrected chi connectivity index (χ3v) is 4.67. The van der Waals surface area contributed by atoms with Crippen LogP contribution in [0, 0.1) is 5.92 Å². The normalized spacial score (nSPS) is 24.0. The van der Waals surface area contributed by atoms with Gasteiger partial charge in [-0.1, -0.05) is 30.3 Å². The van der Waals surface area contributed by atoms with Gasteiger partial charge in [-0.25, -0.2) is 0 Å². The van der Waals surface area contributed by atoms with E-state index in [-0.39, 0.29) is 18.0 Å². The SMILES string of the molecule is NCC(NC(=O)C1CCCN1Cc1ccccc1)C1CC1. The van der Waals surface area contributed by atoms with Crippen LogP contribution < -0.4 is 11.1 Å². The number of hydrogen-bond acceptors (Lipinski definition) is 3. The van der Waals surface area contributed by atoms with Gasteiger partial charge in [0.2, 0.25) is 5.91 Å². The second kappa shape index (κ2) is 6.58. The van der Waals surface area contributed by atoms with E-state index in [1.54, 1.807) is 0 Å². The van der Waals surface area contributed by atoms with E-state index < -0.39 is 0 Å². The van der Waals surface area contributed by atoms with Gasteiger partial charge in [0.25, 0.3) is 0 Å². The van der Waals surface area contributed by atoms with E-state index in [0.29, 0.717) is 12.5 Å². The van der Waals surface area contributed by atoms with Gasteiger partial charge in [-0.2, -0.15) is 0 Å². The zero-order valence-corrected chi connectivity index (χ0v) is 12.5. The molecule has 3 N–H and O–H groups in total. The van der Waals surface area contributed by atoms with Gasteiger partial charge in [-0.15, -0.1) is 0 Å². The zero-order valence-electron chi connectivity index (χ0n) is 12.5. The number of nitrogens with zero attached hydrogens (tertiary/aromatic N) is 1. The molecule has 0 radical (unpaired) electrons. The van der Waals surface area contributed by atoms with Crippen molar-refractivity contribution in [3.8, 4) is 0 Å². The molecule has 4 nitrogen and oxygen atoms in total. The molecule has 2 unspecified atom stereocenters. The van der Waals surface area contributed by atoms with Crippen molar-refractivity contribution in [2.75, 3.05) is 13.1 Å². The molecule has 114 valence electrons. The molecule has 1 saturated heterocycles. The molecule has 3 rings (SSSR count). The fourth-order valence-electron chi connectivity index (χ4n) is 3.28. The highest BCUT2D eigenvalue weighted by atomic mass is 16.2. The van der Waals surface area contributed by atoms with E-state index in [1.807, 2.05) is 6.07 Å². The number of carbonyl (C=O) groups is 1. The van der Waals surface area contributed by atoms with Gasteiger partial charge in [0.15, 0.2) is 0 Å². The average Bonchev–Trinajstić information content (AvgIpc) is 3.25. The number of nitrogens with two attached hydrogens (primary N) is 1. The molecule has 1 aliphatic carbocycles. The second-order valence-corrected chi connectivity index (χ2v) is 6.30. The molecule has 4 heteroatoms. The Labute approximate surface area is 126 Å². The maximum atomic E-state index is 12.5. The minimum absolute atomic E-state index is 0.0120. The number of rotatable bonds is 6. The van der Waals surface area contributed by atoms with E-state index >= 15 is 0 Å². The van der Waals surface area contributed by atoms with Crippen molar-refractivity contribution in [2.45, 2.75) is 44.3 Å². The van der Waals surface area contributed by atoms with Crippen LogP contribution in [0.2, 0.25) is 0 Å². The van der Waals surface area contributed by atoms with Gasteiger partial charge in [0.05, 0.1) is 6.04 Å². The Morgan fingerprint density at radius 3 is 2.71 bits per heavy atom. The summed E-state index contributed by atoms with van der Waals surface area (Å²) in [7, 11) is 0. The van der Waals surface area contributed by atoms with Crippen molar-refractivity contribution in [2.24, 2.45) is 11.7 Å². The zero-order chi connectivity index (χ0) is 14.7. The summed E-state index contributed by atoms with van der Waals surface area (Å²) >= 11 is 0. The Bertz CT molecular complexity index is 472. The Morgan fingerprint density at radius 2 is 2.05 bits per heavy atom. The quantitative estimate of drug-likeness (QED) is 0.834. The molecule has 0 bridgehead atoms. The predicted molar refractivity (Wildman–Crippen MR) is 83.6 cm³/mol. The molecule has 1 heterocycles. The van der Waals surface area contributed by atoms with E-state index in [4.69, 9.17) is 5.73 Å². The minimum atomic E-state index is 0.0120. The highest BCUT2D eigenvalue weighted by Crippen LogP contribution is 2.32. The molecule has 0 aromatic heterocycles. The lowest BCUT2D eigenvalue weighted by Gasteiger charge is -2.26. The number of likely N-dealkylation sites (tertiary alicyclic amines) is 1. The molecule has 1 aromatic carbocycles. The molecule has 1 aromatic rings. The number of amides is 1. The maximum absolute atomic E-state index is 12.5. The standard InChI is InChI=1S/C17H25N3O/c18-11-15(14-8-9-14)19-17(21)16-7-4-10-20(16)12-13-5-2-1-3-6-13/h1-3,5-6,14-16H,4,7-12,18H2,(H,19,21). The fraction of sp³-hybridized carbons (Fsp3) is 0.588. The molecule has 0 spiro atoms. The molecular formula is C17H25N3O.